The van der Waals surface area contributed by atoms with E-state index in [1.54, 1.807) is 0 Å². The fourth-order valence-corrected chi connectivity index (χ4v) is 1.79. The molecule has 4 N–H and O–H groups in total. The summed E-state index contributed by atoms with van der Waals surface area (Å²) in [4.78, 5) is 0. The highest BCUT2D eigenvalue weighted by molar-refractivity contribution is 5.72. The molecule has 18 heavy (non-hydrogen) atoms. The lowest BCUT2D eigenvalue weighted by molar-refractivity contribution is 0.500. The second kappa shape index (κ2) is 4.25. The standard InChI is InChI=1S/C13H11F3N2/c1-6-9(7-2-4-8(17)5-3-7)11(15)12(16)13(18)10(6)14/h2-5H,17-18H2,1H3. The van der Waals surface area contributed by atoms with Crippen molar-refractivity contribution < 1.29 is 13.2 Å². The normalized spacial score (nSPS) is 10.7. The first kappa shape index (κ1) is 12.3. The predicted molar refractivity (Wildman–Crippen MR) is 65.3 cm³/mol. The molecule has 0 fully saturated rings. The number of nitrogens with two attached hydrogens (primary N) is 2. The maximum Gasteiger partial charge on any atom is 0.185 e. The lowest BCUT2D eigenvalue weighted by atomic mass is 9.98. The Morgan fingerprint density at radius 1 is 0.833 bits per heavy atom. The molecule has 0 radical (unpaired) electrons. The molecule has 5 heteroatoms. The summed E-state index contributed by atoms with van der Waals surface area (Å²) in [6.45, 7) is 1.35. The molecule has 0 aliphatic carbocycles. The minimum Gasteiger partial charge on any atom is -0.399 e. The molecular formula is C13H11F3N2. The minimum atomic E-state index is -1.37. The van der Waals surface area contributed by atoms with Gasteiger partial charge in [0.05, 0.1) is 0 Å². The first-order valence-electron chi connectivity index (χ1n) is 5.22. The van der Waals surface area contributed by atoms with Gasteiger partial charge in [0.2, 0.25) is 0 Å². The van der Waals surface area contributed by atoms with Crippen LogP contribution < -0.4 is 11.5 Å². The quantitative estimate of drug-likeness (QED) is 0.604. The van der Waals surface area contributed by atoms with Crippen LogP contribution in [0.3, 0.4) is 0 Å². The van der Waals surface area contributed by atoms with Crippen LogP contribution in [-0.4, -0.2) is 0 Å². The van der Waals surface area contributed by atoms with E-state index in [4.69, 9.17) is 11.5 Å². The molecule has 0 aliphatic heterocycles. The van der Waals surface area contributed by atoms with Gasteiger partial charge in [-0.15, -0.1) is 0 Å². The van der Waals surface area contributed by atoms with E-state index in [1.807, 2.05) is 0 Å². The number of hydrogen-bond acceptors (Lipinski definition) is 2. The van der Waals surface area contributed by atoms with Crippen molar-refractivity contribution in [2.24, 2.45) is 0 Å². The number of rotatable bonds is 1. The van der Waals surface area contributed by atoms with Crippen molar-refractivity contribution in [3.05, 3.63) is 47.3 Å². The van der Waals surface area contributed by atoms with Crippen LogP contribution >= 0.6 is 0 Å². The van der Waals surface area contributed by atoms with Crippen molar-refractivity contribution in [1.29, 1.82) is 0 Å². The second-order valence-electron chi connectivity index (χ2n) is 3.98. The molecule has 0 saturated carbocycles. The van der Waals surface area contributed by atoms with Gasteiger partial charge in [0, 0.05) is 11.3 Å². The average molecular weight is 252 g/mol. The van der Waals surface area contributed by atoms with E-state index in [-0.39, 0.29) is 11.1 Å². The van der Waals surface area contributed by atoms with E-state index in [1.165, 1.54) is 31.2 Å². The summed E-state index contributed by atoms with van der Waals surface area (Å²) in [6, 6.07) is 6.05. The highest BCUT2D eigenvalue weighted by Crippen LogP contribution is 2.33. The summed E-state index contributed by atoms with van der Waals surface area (Å²) in [5.74, 6) is -3.47. The van der Waals surface area contributed by atoms with Crippen LogP contribution in [0.15, 0.2) is 24.3 Å². The Kier molecular flexibility index (Phi) is 2.90. The number of benzene rings is 2. The van der Waals surface area contributed by atoms with Gasteiger partial charge in [-0.05, 0) is 30.2 Å². The first-order valence-corrected chi connectivity index (χ1v) is 5.22. The third kappa shape index (κ3) is 1.77. The zero-order valence-corrected chi connectivity index (χ0v) is 9.60. The summed E-state index contributed by atoms with van der Waals surface area (Å²) >= 11 is 0. The third-order valence-electron chi connectivity index (χ3n) is 2.79. The van der Waals surface area contributed by atoms with Crippen LogP contribution in [0.1, 0.15) is 5.56 Å². The third-order valence-corrected chi connectivity index (χ3v) is 2.79. The number of halogens is 3. The maximum atomic E-state index is 13.8. The highest BCUT2D eigenvalue weighted by Gasteiger charge is 2.21. The van der Waals surface area contributed by atoms with E-state index in [9.17, 15) is 13.2 Å². The molecule has 0 heterocycles. The van der Waals surface area contributed by atoms with Crippen LogP contribution in [0, 0.1) is 24.4 Å². The molecule has 0 saturated heterocycles. The molecule has 0 bridgehead atoms. The second-order valence-corrected chi connectivity index (χ2v) is 3.98. The SMILES string of the molecule is Cc1c(F)c(N)c(F)c(F)c1-c1ccc(N)cc1. The Labute approximate surface area is 102 Å². The van der Waals surface area contributed by atoms with Gasteiger partial charge in [-0.25, -0.2) is 13.2 Å². The monoisotopic (exact) mass is 252 g/mol. The smallest absolute Gasteiger partial charge is 0.185 e. The van der Waals surface area contributed by atoms with E-state index in [0.29, 0.717) is 11.3 Å². The number of anilines is 2. The van der Waals surface area contributed by atoms with Gasteiger partial charge in [0.1, 0.15) is 5.69 Å². The number of hydrogen-bond donors (Lipinski definition) is 2. The largest absolute Gasteiger partial charge is 0.399 e. The van der Waals surface area contributed by atoms with Crippen molar-refractivity contribution in [1.82, 2.24) is 0 Å². The lowest BCUT2D eigenvalue weighted by Gasteiger charge is -2.12. The zero-order valence-electron chi connectivity index (χ0n) is 9.60. The first-order chi connectivity index (χ1) is 8.43. The summed E-state index contributed by atoms with van der Waals surface area (Å²) in [6.07, 6.45) is 0. The molecule has 2 aromatic carbocycles. The van der Waals surface area contributed by atoms with Crippen molar-refractivity contribution in [3.8, 4) is 11.1 Å². The van der Waals surface area contributed by atoms with E-state index < -0.39 is 23.1 Å². The topological polar surface area (TPSA) is 52.0 Å². The van der Waals surface area contributed by atoms with Crippen LogP contribution in [0.25, 0.3) is 11.1 Å². The van der Waals surface area contributed by atoms with Crippen molar-refractivity contribution in [2.45, 2.75) is 6.92 Å². The fourth-order valence-electron chi connectivity index (χ4n) is 1.79. The molecule has 2 rings (SSSR count). The summed E-state index contributed by atoms with van der Waals surface area (Å²) < 4.78 is 40.9. The molecule has 2 aromatic rings. The fraction of sp³-hybridized carbons (Fsp3) is 0.0769. The van der Waals surface area contributed by atoms with Gasteiger partial charge in [0.25, 0.3) is 0 Å². The van der Waals surface area contributed by atoms with Gasteiger partial charge in [0.15, 0.2) is 17.5 Å². The Balaban J connectivity index is 2.75. The minimum absolute atomic E-state index is 0.0313. The summed E-state index contributed by atoms with van der Waals surface area (Å²) in [5, 5.41) is 0. The average Bonchev–Trinajstić information content (AvgIpc) is 2.36. The van der Waals surface area contributed by atoms with Crippen LogP contribution in [-0.2, 0) is 0 Å². The van der Waals surface area contributed by atoms with Gasteiger partial charge in [-0.2, -0.15) is 0 Å². The van der Waals surface area contributed by atoms with Gasteiger partial charge < -0.3 is 11.5 Å². The Bertz CT molecular complexity index is 578. The molecule has 0 unspecified atom stereocenters. The molecule has 0 aromatic heterocycles. The molecule has 2 nitrogen and oxygen atoms in total. The van der Waals surface area contributed by atoms with Crippen LogP contribution in [0.2, 0.25) is 0 Å². The van der Waals surface area contributed by atoms with Crippen LogP contribution in [0.4, 0.5) is 24.5 Å². The van der Waals surface area contributed by atoms with Crippen LogP contribution in [0.5, 0.6) is 0 Å². The summed E-state index contributed by atoms with van der Waals surface area (Å²) in [7, 11) is 0. The molecule has 94 valence electrons. The molecule has 0 amide bonds. The predicted octanol–water partition coefficient (Wildman–Crippen LogP) is 3.24. The van der Waals surface area contributed by atoms with Crippen molar-refractivity contribution in [3.63, 3.8) is 0 Å². The van der Waals surface area contributed by atoms with E-state index >= 15 is 0 Å². The van der Waals surface area contributed by atoms with Crippen molar-refractivity contribution >= 4 is 11.4 Å². The number of nitrogen functional groups attached to an aromatic ring is 2. The van der Waals surface area contributed by atoms with Gasteiger partial charge in [-0.3, -0.25) is 0 Å². The Morgan fingerprint density at radius 2 is 1.39 bits per heavy atom. The lowest BCUT2D eigenvalue weighted by Crippen LogP contribution is -2.04. The Hall–Kier alpha value is -2.17. The summed E-state index contributed by atoms with van der Waals surface area (Å²) in [5.41, 5.74) is 10.5. The maximum absolute atomic E-state index is 13.8. The van der Waals surface area contributed by atoms with Gasteiger partial charge in [-0.1, -0.05) is 12.1 Å². The zero-order chi connectivity index (χ0) is 13.4. The van der Waals surface area contributed by atoms with Gasteiger partial charge >= 0.3 is 0 Å². The van der Waals surface area contributed by atoms with Crippen molar-refractivity contribution in [2.75, 3.05) is 11.5 Å². The van der Waals surface area contributed by atoms with E-state index in [0.717, 1.165) is 0 Å². The molecule has 0 aliphatic rings. The van der Waals surface area contributed by atoms with E-state index in [2.05, 4.69) is 0 Å². The Morgan fingerprint density at radius 3 is 1.94 bits per heavy atom. The molecule has 0 atom stereocenters. The highest BCUT2D eigenvalue weighted by atomic mass is 19.2. The molecular weight excluding hydrogens is 241 g/mol. The molecule has 0 spiro atoms.